The summed E-state index contributed by atoms with van der Waals surface area (Å²) >= 11 is 3.74. The Hall–Kier alpha value is -0.520. The number of thioether (sulfide) groups is 1. The first-order valence-corrected chi connectivity index (χ1v) is 9.09. The summed E-state index contributed by atoms with van der Waals surface area (Å²) in [6, 6.07) is 0. The third-order valence-corrected chi connectivity index (χ3v) is 6.28. The van der Waals surface area contributed by atoms with Gasteiger partial charge in [0.15, 0.2) is 4.96 Å². The second-order valence-corrected chi connectivity index (χ2v) is 7.52. The molecule has 2 heterocycles. The van der Waals surface area contributed by atoms with Crippen LogP contribution in [0.4, 0.5) is 0 Å². The van der Waals surface area contributed by atoms with Crippen LogP contribution in [0.1, 0.15) is 37.8 Å². The number of rotatable bonds is 5. The van der Waals surface area contributed by atoms with E-state index < -0.39 is 0 Å². The third kappa shape index (κ3) is 2.98. The Balaban J connectivity index is 1.55. The van der Waals surface area contributed by atoms with Gasteiger partial charge < -0.3 is 5.32 Å². The number of fused-ring (bicyclic) bond motifs is 1. The molecule has 0 radical (unpaired) electrons. The lowest BCUT2D eigenvalue weighted by atomic mass is 9.88. The van der Waals surface area contributed by atoms with Crippen LogP contribution in [0.3, 0.4) is 0 Å². The molecular weight excluding hydrogens is 274 g/mol. The van der Waals surface area contributed by atoms with Gasteiger partial charge in [-0.25, -0.2) is 4.98 Å². The molecule has 2 aromatic heterocycles. The van der Waals surface area contributed by atoms with Crippen LogP contribution >= 0.6 is 23.1 Å². The predicted octanol–water partition coefficient (Wildman–Crippen LogP) is 3.55. The van der Waals surface area contributed by atoms with E-state index in [4.69, 9.17) is 0 Å². The second kappa shape index (κ2) is 5.85. The van der Waals surface area contributed by atoms with Gasteiger partial charge in [-0.05, 0) is 19.1 Å². The molecule has 3 nitrogen and oxygen atoms in total. The SMILES string of the molecule is CSC1(CNCc2cn3ccsc3n2)CCCCC1. The minimum absolute atomic E-state index is 0.468. The van der Waals surface area contributed by atoms with Crippen LogP contribution in [0, 0.1) is 0 Å². The number of nitrogens with zero attached hydrogens (tertiary/aromatic N) is 2. The maximum Gasteiger partial charge on any atom is 0.193 e. The van der Waals surface area contributed by atoms with Gasteiger partial charge >= 0.3 is 0 Å². The van der Waals surface area contributed by atoms with Gasteiger partial charge in [-0.2, -0.15) is 11.8 Å². The summed E-state index contributed by atoms with van der Waals surface area (Å²) in [6.07, 6.45) is 13.4. The van der Waals surface area contributed by atoms with Gasteiger partial charge in [-0.3, -0.25) is 4.40 Å². The molecule has 0 bridgehead atoms. The van der Waals surface area contributed by atoms with E-state index >= 15 is 0 Å². The Morgan fingerprint density at radius 1 is 1.42 bits per heavy atom. The van der Waals surface area contributed by atoms with E-state index in [1.807, 2.05) is 11.8 Å². The molecule has 104 valence electrons. The van der Waals surface area contributed by atoms with E-state index in [9.17, 15) is 0 Å². The summed E-state index contributed by atoms with van der Waals surface area (Å²) in [5.74, 6) is 0. The van der Waals surface area contributed by atoms with E-state index in [1.165, 1.54) is 32.1 Å². The predicted molar refractivity (Wildman–Crippen MR) is 84.1 cm³/mol. The molecule has 1 aliphatic carbocycles. The molecule has 1 N–H and O–H groups in total. The van der Waals surface area contributed by atoms with E-state index in [-0.39, 0.29) is 0 Å². The first-order chi connectivity index (χ1) is 9.31. The average Bonchev–Trinajstić information content (AvgIpc) is 3.01. The molecule has 1 fully saturated rings. The Morgan fingerprint density at radius 2 is 2.26 bits per heavy atom. The van der Waals surface area contributed by atoms with Gasteiger partial charge in [0.1, 0.15) is 0 Å². The van der Waals surface area contributed by atoms with E-state index in [0.29, 0.717) is 4.75 Å². The lowest BCUT2D eigenvalue weighted by Gasteiger charge is -2.36. The van der Waals surface area contributed by atoms with Crippen molar-refractivity contribution in [3.05, 3.63) is 23.5 Å². The number of imidazole rings is 1. The zero-order chi connectivity index (χ0) is 13.1. The summed E-state index contributed by atoms with van der Waals surface area (Å²) < 4.78 is 2.57. The normalized spacial score (nSPS) is 19.0. The zero-order valence-corrected chi connectivity index (χ0v) is 13.0. The highest BCUT2D eigenvalue weighted by Gasteiger charge is 2.30. The molecule has 0 saturated heterocycles. The summed E-state index contributed by atoms with van der Waals surface area (Å²) in [7, 11) is 0. The lowest BCUT2D eigenvalue weighted by molar-refractivity contribution is 0.379. The van der Waals surface area contributed by atoms with Crippen molar-refractivity contribution < 1.29 is 0 Å². The largest absolute Gasteiger partial charge is 0.310 e. The molecule has 5 heteroatoms. The smallest absolute Gasteiger partial charge is 0.193 e. The van der Waals surface area contributed by atoms with Crippen molar-refractivity contribution in [2.24, 2.45) is 0 Å². The first-order valence-electron chi connectivity index (χ1n) is 6.98. The maximum absolute atomic E-state index is 4.62. The molecule has 19 heavy (non-hydrogen) atoms. The average molecular weight is 295 g/mol. The topological polar surface area (TPSA) is 29.3 Å². The first kappa shape index (κ1) is 13.5. The Bertz CT molecular complexity index is 497. The molecule has 0 atom stereocenters. The molecule has 2 aromatic rings. The monoisotopic (exact) mass is 295 g/mol. The Labute approximate surface area is 122 Å². The number of thiazole rings is 1. The fraction of sp³-hybridized carbons (Fsp3) is 0.643. The maximum atomic E-state index is 4.62. The van der Waals surface area contributed by atoms with Crippen molar-refractivity contribution in [2.45, 2.75) is 43.4 Å². The Kier molecular flexibility index (Phi) is 4.15. The minimum atomic E-state index is 0.468. The van der Waals surface area contributed by atoms with Gasteiger partial charge in [-0.1, -0.05) is 19.3 Å². The molecule has 0 aromatic carbocycles. The molecule has 0 amide bonds. The highest BCUT2D eigenvalue weighted by Crippen LogP contribution is 2.37. The highest BCUT2D eigenvalue weighted by atomic mass is 32.2. The summed E-state index contributed by atoms with van der Waals surface area (Å²) in [5, 5.41) is 5.70. The van der Waals surface area contributed by atoms with Gasteiger partial charge in [-0.15, -0.1) is 11.3 Å². The van der Waals surface area contributed by atoms with Gasteiger partial charge in [0.2, 0.25) is 0 Å². The van der Waals surface area contributed by atoms with Gasteiger partial charge in [0.25, 0.3) is 0 Å². The van der Waals surface area contributed by atoms with Crippen LogP contribution in [0.2, 0.25) is 0 Å². The number of aromatic nitrogens is 2. The second-order valence-electron chi connectivity index (χ2n) is 5.38. The summed E-state index contributed by atoms with van der Waals surface area (Å²) in [4.78, 5) is 5.71. The van der Waals surface area contributed by atoms with Crippen molar-refractivity contribution in [1.29, 1.82) is 0 Å². The van der Waals surface area contributed by atoms with Crippen molar-refractivity contribution >= 4 is 28.1 Å². The van der Waals surface area contributed by atoms with Crippen LogP contribution in [0.5, 0.6) is 0 Å². The molecule has 1 saturated carbocycles. The highest BCUT2D eigenvalue weighted by molar-refractivity contribution is 8.00. The molecule has 1 aliphatic rings. The zero-order valence-electron chi connectivity index (χ0n) is 11.4. The van der Waals surface area contributed by atoms with Crippen LogP contribution in [0.15, 0.2) is 17.8 Å². The van der Waals surface area contributed by atoms with Crippen LogP contribution in [0.25, 0.3) is 4.96 Å². The van der Waals surface area contributed by atoms with E-state index in [2.05, 4.69) is 38.7 Å². The summed E-state index contributed by atoms with van der Waals surface area (Å²) in [5.41, 5.74) is 1.15. The van der Waals surface area contributed by atoms with Crippen LogP contribution < -0.4 is 5.32 Å². The fourth-order valence-electron chi connectivity index (χ4n) is 2.93. The minimum Gasteiger partial charge on any atom is -0.310 e. The molecule has 0 aliphatic heterocycles. The number of hydrogen-bond acceptors (Lipinski definition) is 4. The van der Waals surface area contributed by atoms with Crippen molar-refractivity contribution in [1.82, 2.24) is 14.7 Å². The number of nitrogens with one attached hydrogen (secondary N) is 1. The van der Waals surface area contributed by atoms with E-state index in [0.717, 1.165) is 23.7 Å². The molecule has 0 spiro atoms. The molecular formula is C14H21N3S2. The van der Waals surface area contributed by atoms with Crippen molar-refractivity contribution in [3.63, 3.8) is 0 Å². The molecule has 3 rings (SSSR count). The fourth-order valence-corrected chi connectivity index (χ4v) is 4.59. The van der Waals surface area contributed by atoms with Gasteiger partial charge in [0, 0.05) is 35.6 Å². The summed E-state index contributed by atoms with van der Waals surface area (Å²) in [6.45, 7) is 2.00. The number of hydrogen-bond donors (Lipinski definition) is 1. The van der Waals surface area contributed by atoms with Crippen LogP contribution in [-0.4, -0.2) is 26.9 Å². The van der Waals surface area contributed by atoms with Crippen molar-refractivity contribution in [2.75, 3.05) is 12.8 Å². The van der Waals surface area contributed by atoms with E-state index in [1.54, 1.807) is 11.3 Å². The van der Waals surface area contributed by atoms with Crippen LogP contribution in [-0.2, 0) is 6.54 Å². The Morgan fingerprint density at radius 3 is 3.00 bits per heavy atom. The quantitative estimate of drug-likeness (QED) is 0.914. The third-order valence-electron chi connectivity index (χ3n) is 4.09. The van der Waals surface area contributed by atoms with Crippen molar-refractivity contribution in [3.8, 4) is 0 Å². The van der Waals surface area contributed by atoms with Gasteiger partial charge in [0.05, 0.1) is 5.69 Å². The standard InChI is InChI=1S/C14H21N3S2/c1-18-14(5-3-2-4-6-14)11-15-9-12-10-17-7-8-19-13(17)16-12/h7-8,10,15H,2-6,9,11H2,1H3. The molecule has 0 unspecified atom stereocenters. The lowest BCUT2D eigenvalue weighted by Crippen LogP contribution is -2.39.